The van der Waals surface area contributed by atoms with E-state index in [4.69, 9.17) is 4.74 Å². The standard InChI is InChI=1S/C20H25N3O3/c1-4-8-19(24)22-16-10-7-9-15(13-16)20(25)23(2)18(14-26-3)17-11-5-6-12-21-17/h5-7,9-13,18H,4,8,14H2,1-3H3,(H,22,24). The van der Waals surface area contributed by atoms with Crippen molar-refractivity contribution < 1.29 is 14.3 Å². The molecular formula is C20H25N3O3. The summed E-state index contributed by atoms with van der Waals surface area (Å²) in [6.45, 7) is 2.29. The maximum atomic E-state index is 12.9. The van der Waals surface area contributed by atoms with E-state index in [1.54, 1.807) is 49.5 Å². The maximum absolute atomic E-state index is 12.9. The predicted molar refractivity (Wildman–Crippen MR) is 101 cm³/mol. The summed E-state index contributed by atoms with van der Waals surface area (Å²) < 4.78 is 5.28. The van der Waals surface area contributed by atoms with Gasteiger partial charge in [0.05, 0.1) is 18.3 Å². The molecule has 0 bridgehead atoms. The van der Waals surface area contributed by atoms with Crippen LogP contribution >= 0.6 is 0 Å². The molecule has 2 aromatic rings. The van der Waals surface area contributed by atoms with Gasteiger partial charge >= 0.3 is 0 Å². The molecule has 0 radical (unpaired) electrons. The van der Waals surface area contributed by atoms with Gasteiger partial charge in [-0.1, -0.05) is 19.1 Å². The fraction of sp³-hybridized carbons (Fsp3) is 0.350. The molecule has 1 heterocycles. The zero-order valence-corrected chi connectivity index (χ0v) is 15.4. The second-order valence-electron chi connectivity index (χ2n) is 6.02. The number of anilines is 1. The van der Waals surface area contributed by atoms with Crippen LogP contribution < -0.4 is 5.32 Å². The third-order valence-corrected chi connectivity index (χ3v) is 4.01. The lowest BCUT2D eigenvalue weighted by molar-refractivity contribution is -0.116. The van der Waals surface area contributed by atoms with Crippen LogP contribution in [0, 0.1) is 0 Å². The molecule has 0 aliphatic rings. The van der Waals surface area contributed by atoms with Gasteiger partial charge in [0.1, 0.15) is 0 Å². The van der Waals surface area contributed by atoms with Crippen molar-refractivity contribution in [3.63, 3.8) is 0 Å². The van der Waals surface area contributed by atoms with Gasteiger partial charge in [-0.05, 0) is 36.8 Å². The van der Waals surface area contributed by atoms with E-state index in [-0.39, 0.29) is 17.9 Å². The Morgan fingerprint density at radius 3 is 2.69 bits per heavy atom. The second-order valence-corrected chi connectivity index (χ2v) is 6.02. The first kappa shape index (κ1) is 19.6. The van der Waals surface area contributed by atoms with Crippen molar-refractivity contribution in [2.24, 2.45) is 0 Å². The van der Waals surface area contributed by atoms with Crippen molar-refractivity contribution in [2.75, 3.05) is 26.1 Å². The molecule has 2 rings (SSSR count). The van der Waals surface area contributed by atoms with Crippen LogP contribution in [-0.2, 0) is 9.53 Å². The minimum Gasteiger partial charge on any atom is -0.382 e. The van der Waals surface area contributed by atoms with E-state index < -0.39 is 0 Å². The van der Waals surface area contributed by atoms with E-state index in [0.717, 1.165) is 12.1 Å². The molecule has 0 aliphatic carbocycles. The van der Waals surface area contributed by atoms with Crippen molar-refractivity contribution in [1.82, 2.24) is 9.88 Å². The monoisotopic (exact) mass is 355 g/mol. The Morgan fingerprint density at radius 1 is 1.23 bits per heavy atom. The van der Waals surface area contributed by atoms with Gasteiger partial charge in [-0.3, -0.25) is 14.6 Å². The highest BCUT2D eigenvalue weighted by Gasteiger charge is 2.24. The van der Waals surface area contributed by atoms with Gasteiger partial charge in [0.2, 0.25) is 5.91 Å². The number of hydrogen-bond donors (Lipinski definition) is 1. The summed E-state index contributed by atoms with van der Waals surface area (Å²) in [5.74, 6) is -0.222. The van der Waals surface area contributed by atoms with Crippen LogP contribution in [-0.4, -0.2) is 42.5 Å². The molecule has 0 spiro atoms. The molecule has 1 N–H and O–H groups in total. The van der Waals surface area contributed by atoms with Gasteiger partial charge in [0.25, 0.3) is 5.91 Å². The molecule has 6 heteroatoms. The largest absolute Gasteiger partial charge is 0.382 e. The minimum absolute atomic E-state index is 0.0591. The Hall–Kier alpha value is -2.73. The quantitative estimate of drug-likeness (QED) is 0.789. The number of pyridine rings is 1. The fourth-order valence-corrected chi connectivity index (χ4v) is 2.65. The van der Waals surface area contributed by atoms with Crippen LogP contribution in [0.2, 0.25) is 0 Å². The van der Waals surface area contributed by atoms with Crippen LogP contribution in [0.25, 0.3) is 0 Å². The molecule has 0 aliphatic heterocycles. The molecule has 2 amide bonds. The van der Waals surface area contributed by atoms with Gasteiger partial charge in [-0.25, -0.2) is 0 Å². The number of rotatable bonds is 8. The van der Waals surface area contributed by atoms with E-state index in [9.17, 15) is 9.59 Å². The van der Waals surface area contributed by atoms with Crippen LogP contribution in [0.3, 0.4) is 0 Å². The number of carbonyl (C=O) groups excluding carboxylic acids is 2. The van der Waals surface area contributed by atoms with E-state index >= 15 is 0 Å². The van der Waals surface area contributed by atoms with Crippen LogP contribution in [0.1, 0.15) is 41.9 Å². The Bertz CT molecular complexity index is 734. The van der Waals surface area contributed by atoms with Crippen LogP contribution in [0.5, 0.6) is 0 Å². The summed E-state index contributed by atoms with van der Waals surface area (Å²) in [5, 5.41) is 2.82. The molecule has 0 saturated heterocycles. The number of benzene rings is 1. The van der Waals surface area contributed by atoms with Gasteiger partial charge in [0.15, 0.2) is 0 Å². The summed E-state index contributed by atoms with van der Waals surface area (Å²) in [5.41, 5.74) is 1.88. The number of nitrogens with one attached hydrogen (secondary N) is 1. The fourth-order valence-electron chi connectivity index (χ4n) is 2.65. The van der Waals surface area contributed by atoms with E-state index in [1.165, 1.54) is 0 Å². The molecule has 0 saturated carbocycles. The average molecular weight is 355 g/mol. The number of ether oxygens (including phenoxy) is 1. The van der Waals surface area contributed by atoms with E-state index in [1.807, 2.05) is 25.1 Å². The van der Waals surface area contributed by atoms with Gasteiger partial charge in [-0.2, -0.15) is 0 Å². The average Bonchev–Trinajstić information content (AvgIpc) is 2.66. The van der Waals surface area contributed by atoms with Crippen LogP contribution in [0.4, 0.5) is 5.69 Å². The molecule has 1 atom stereocenters. The number of amides is 2. The minimum atomic E-state index is -0.299. The van der Waals surface area contributed by atoms with Crippen molar-refractivity contribution >= 4 is 17.5 Å². The lowest BCUT2D eigenvalue weighted by Crippen LogP contribution is -2.34. The molecule has 138 valence electrons. The van der Waals surface area contributed by atoms with Crippen molar-refractivity contribution in [3.8, 4) is 0 Å². The summed E-state index contributed by atoms with van der Waals surface area (Å²) in [7, 11) is 3.32. The smallest absolute Gasteiger partial charge is 0.254 e. The van der Waals surface area contributed by atoms with Gasteiger partial charge in [0, 0.05) is 38.0 Å². The lowest BCUT2D eigenvalue weighted by Gasteiger charge is -2.27. The zero-order valence-electron chi connectivity index (χ0n) is 15.4. The van der Waals surface area contributed by atoms with E-state index in [0.29, 0.717) is 24.3 Å². The zero-order chi connectivity index (χ0) is 18.9. The highest BCUT2D eigenvalue weighted by molar-refractivity contribution is 5.97. The van der Waals surface area contributed by atoms with Crippen molar-refractivity contribution in [2.45, 2.75) is 25.8 Å². The molecule has 1 unspecified atom stereocenters. The first-order chi connectivity index (χ1) is 12.6. The van der Waals surface area contributed by atoms with Gasteiger partial charge < -0.3 is 15.0 Å². The Morgan fingerprint density at radius 2 is 2.04 bits per heavy atom. The second kappa shape index (κ2) is 9.68. The van der Waals surface area contributed by atoms with Gasteiger partial charge in [-0.15, -0.1) is 0 Å². The molecule has 1 aromatic carbocycles. The number of hydrogen-bond acceptors (Lipinski definition) is 4. The van der Waals surface area contributed by atoms with Crippen molar-refractivity contribution in [1.29, 1.82) is 0 Å². The number of carbonyl (C=O) groups is 2. The molecule has 6 nitrogen and oxygen atoms in total. The Labute approximate surface area is 154 Å². The summed E-state index contributed by atoms with van der Waals surface area (Å²) >= 11 is 0. The maximum Gasteiger partial charge on any atom is 0.254 e. The summed E-state index contributed by atoms with van der Waals surface area (Å²) in [6, 6.07) is 12.2. The summed E-state index contributed by atoms with van der Waals surface area (Å²) in [6.07, 6.45) is 2.92. The Balaban J connectivity index is 2.19. The Kier molecular flexibility index (Phi) is 7.29. The molecular weight excluding hydrogens is 330 g/mol. The normalized spacial score (nSPS) is 11.7. The molecule has 26 heavy (non-hydrogen) atoms. The number of likely N-dealkylation sites (N-methyl/N-ethyl adjacent to an activating group) is 1. The number of nitrogens with zero attached hydrogens (tertiary/aromatic N) is 2. The molecule has 1 aromatic heterocycles. The topological polar surface area (TPSA) is 71.5 Å². The first-order valence-electron chi connectivity index (χ1n) is 8.63. The number of aromatic nitrogens is 1. The highest BCUT2D eigenvalue weighted by Crippen LogP contribution is 2.21. The highest BCUT2D eigenvalue weighted by atomic mass is 16.5. The van der Waals surface area contributed by atoms with Crippen molar-refractivity contribution in [3.05, 3.63) is 59.9 Å². The SMILES string of the molecule is CCCC(=O)Nc1cccc(C(=O)N(C)C(COC)c2ccccn2)c1. The third-order valence-electron chi connectivity index (χ3n) is 4.01. The third kappa shape index (κ3) is 5.13. The predicted octanol–water partition coefficient (Wildman–Crippen LogP) is 3.28. The first-order valence-corrected chi connectivity index (χ1v) is 8.63. The number of methoxy groups -OCH3 is 1. The molecule has 0 fully saturated rings. The summed E-state index contributed by atoms with van der Waals surface area (Å²) in [4.78, 5) is 30.7. The lowest BCUT2D eigenvalue weighted by atomic mass is 10.1. The van der Waals surface area contributed by atoms with E-state index in [2.05, 4.69) is 10.3 Å². The van der Waals surface area contributed by atoms with Crippen LogP contribution in [0.15, 0.2) is 48.7 Å².